The van der Waals surface area contributed by atoms with Crippen LogP contribution >= 0.6 is 0 Å². The van der Waals surface area contributed by atoms with Crippen LogP contribution < -0.4 is 0 Å². The third kappa shape index (κ3) is 2.25. The Bertz CT molecular complexity index is 618. The summed E-state index contributed by atoms with van der Waals surface area (Å²) in [7, 11) is 0. The highest BCUT2D eigenvalue weighted by Crippen LogP contribution is 2.23. The van der Waals surface area contributed by atoms with E-state index in [0.717, 1.165) is 22.4 Å². The van der Waals surface area contributed by atoms with Gasteiger partial charge in [0.1, 0.15) is 0 Å². The Morgan fingerprint density at radius 1 is 1.11 bits per heavy atom. The Balaban J connectivity index is 2.55. The lowest BCUT2D eigenvalue weighted by atomic mass is 10.0. The van der Waals surface area contributed by atoms with E-state index in [9.17, 15) is 4.79 Å². The van der Waals surface area contributed by atoms with Crippen molar-refractivity contribution in [3.8, 4) is 11.3 Å². The molecule has 1 aromatic carbocycles. The highest BCUT2D eigenvalue weighted by molar-refractivity contribution is 5.89. The van der Waals surface area contributed by atoms with E-state index in [4.69, 9.17) is 5.11 Å². The molecule has 0 aliphatic carbocycles. The van der Waals surface area contributed by atoms with Gasteiger partial charge < -0.3 is 5.11 Å². The molecule has 0 fully saturated rings. The van der Waals surface area contributed by atoms with Crippen LogP contribution in [0.4, 0.5) is 0 Å². The number of aryl methyl sites for hydroxylation is 3. The average molecular weight is 241 g/mol. The fourth-order valence-electron chi connectivity index (χ4n) is 1.95. The summed E-state index contributed by atoms with van der Waals surface area (Å²) in [5.74, 6) is -0.937. The predicted octanol–water partition coefficient (Wildman–Crippen LogP) is 3.37. The first kappa shape index (κ1) is 12.3. The van der Waals surface area contributed by atoms with Crippen LogP contribution in [0.25, 0.3) is 11.3 Å². The third-order valence-electron chi connectivity index (χ3n) is 2.99. The second-order valence-electron chi connectivity index (χ2n) is 4.45. The molecule has 3 nitrogen and oxygen atoms in total. The second-order valence-corrected chi connectivity index (χ2v) is 4.45. The summed E-state index contributed by atoms with van der Waals surface area (Å²) in [6.45, 7) is 5.77. The molecule has 2 rings (SSSR count). The monoisotopic (exact) mass is 241 g/mol. The smallest absolute Gasteiger partial charge is 0.337 e. The Hall–Kier alpha value is -2.16. The number of carbonyl (C=O) groups is 1. The number of rotatable bonds is 2. The van der Waals surface area contributed by atoms with Crippen molar-refractivity contribution in [1.29, 1.82) is 0 Å². The lowest BCUT2D eigenvalue weighted by Crippen LogP contribution is -2.02. The molecule has 92 valence electrons. The van der Waals surface area contributed by atoms with Gasteiger partial charge in [-0.1, -0.05) is 17.7 Å². The van der Waals surface area contributed by atoms with E-state index in [1.807, 2.05) is 19.9 Å². The predicted molar refractivity (Wildman–Crippen MR) is 70.8 cm³/mol. The molecular weight excluding hydrogens is 226 g/mol. The number of pyridine rings is 1. The van der Waals surface area contributed by atoms with Crippen LogP contribution in [-0.4, -0.2) is 16.1 Å². The van der Waals surface area contributed by atoms with E-state index in [-0.39, 0.29) is 5.56 Å². The number of hydrogen-bond acceptors (Lipinski definition) is 2. The van der Waals surface area contributed by atoms with Gasteiger partial charge in [0.25, 0.3) is 0 Å². The zero-order chi connectivity index (χ0) is 13.3. The Labute approximate surface area is 106 Å². The molecule has 0 saturated carbocycles. The molecule has 1 aromatic heterocycles. The Kier molecular flexibility index (Phi) is 3.15. The van der Waals surface area contributed by atoms with E-state index in [1.54, 1.807) is 19.1 Å². The first-order valence-corrected chi connectivity index (χ1v) is 5.77. The molecule has 0 atom stereocenters. The zero-order valence-corrected chi connectivity index (χ0v) is 10.7. The quantitative estimate of drug-likeness (QED) is 0.876. The van der Waals surface area contributed by atoms with Crippen LogP contribution in [-0.2, 0) is 0 Å². The summed E-state index contributed by atoms with van der Waals surface area (Å²) in [5, 5.41) is 8.99. The first-order chi connectivity index (χ1) is 8.49. The minimum atomic E-state index is -0.937. The van der Waals surface area contributed by atoms with Gasteiger partial charge in [0.2, 0.25) is 0 Å². The molecule has 0 saturated heterocycles. The van der Waals surface area contributed by atoms with Crippen molar-refractivity contribution in [2.45, 2.75) is 20.8 Å². The number of aromatic nitrogens is 1. The van der Waals surface area contributed by atoms with Crippen LogP contribution in [0.2, 0.25) is 0 Å². The van der Waals surface area contributed by atoms with Gasteiger partial charge >= 0.3 is 5.97 Å². The maximum absolute atomic E-state index is 11.0. The standard InChI is InChI=1S/C15H15NO2/c1-9-4-5-10(2)13(8-9)14-7-6-12(15(17)18)11(3)16-14/h4-8H,1-3H3,(H,17,18). The van der Waals surface area contributed by atoms with Crippen molar-refractivity contribution in [3.05, 3.63) is 52.7 Å². The number of hydrogen-bond donors (Lipinski definition) is 1. The Morgan fingerprint density at radius 3 is 2.44 bits per heavy atom. The molecule has 18 heavy (non-hydrogen) atoms. The lowest BCUT2D eigenvalue weighted by Gasteiger charge is -2.08. The van der Waals surface area contributed by atoms with E-state index < -0.39 is 5.97 Å². The van der Waals surface area contributed by atoms with E-state index in [1.165, 1.54) is 0 Å². The maximum Gasteiger partial charge on any atom is 0.337 e. The minimum absolute atomic E-state index is 0.254. The van der Waals surface area contributed by atoms with Crippen molar-refractivity contribution >= 4 is 5.97 Å². The van der Waals surface area contributed by atoms with E-state index in [0.29, 0.717) is 5.69 Å². The summed E-state index contributed by atoms with van der Waals surface area (Å²) in [4.78, 5) is 15.3. The Morgan fingerprint density at radius 2 is 1.83 bits per heavy atom. The molecule has 0 aliphatic heterocycles. The molecule has 1 N–H and O–H groups in total. The topological polar surface area (TPSA) is 50.2 Å². The second kappa shape index (κ2) is 4.61. The van der Waals surface area contributed by atoms with Gasteiger partial charge in [0.15, 0.2) is 0 Å². The third-order valence-corrected chi connectivity index (χ3v) is 2.99. The van der Waals surface area contributed by atoms with E-state index in [2.05, 4.69) is 17.1 Å². The summed E-state index contributed by atoms with van der Waals surface area (Å²) in [6.07, 6.45) is 0. The molecule has 0 unspecified atom stereocenters. The molecule has 0 bridgehead atoms. The molecule has 1 heterocycles. The SMILES string of the molecule is Cc1ccc(C)c(-c2ccc(C(=O)O)c(C)n2)c1. The van der Waals surface area contributed by atoms with Gasteiger partial charge in [-0.3, -0.25) is 4.98 Å². The summed E-state index contributed by atoms with van der Waals surface area (Å²) < 4.78 is 0. The van der Waals surface area contributed by atoms with Crippen LogP contribution in [0.1, 0.15) is 27.2 Å². The lowest BCUT2D eigenvalue weighted by molar-refractivity contribution is 0.0695. The number of aromatic carboxylic acids is 1. The van der Waals surface area contributed by atoms with Crippen LogP contribution in [0, 0.1) is 20.8 Å². The molecule has 0 spiro atoms. The van der Waals surface area contributed by atoms with Crippen molar-refractivity contribution in [3.63, 3.8) is 0 Å². The average Bonchev–Trinajstić information content (AvgIpc) is 2.31. The molecule has 0 amide bonds. The fraction of sp³-hybridized carbons (Fsp3) is 0.200. The van der Waals surface area contributed by atoms with Gasteiger partial charge in [-0.25, -0.2) is 4.79 Å². The first-order valence-electron chi connectivity index (χ1n) is 5.77. The minimum Gasteiger partial charge on any atom is -0.478 e. The van der Waals surface area contributed by atoms with Gasteiger partial charge in [-0.05, 0) is 44.5 Å². The number of carboxylic acid groups (broad SMARTS) is 1. The van der Waals surface area contributed by atoms with Crippen LogP contribution in [0.15, 0.2) is 30.3 Å². The number of nitrogens with zero attached hydrogens (tertiary/aromatic N) is 1. The van der Waals surface area contributed by atoms with E-state index >= 15 is 0 Å². The zero-order valence-electron chi connectivity index (χ0n) is 10.7. The number of carboxylic acids is 1. The largest absolute Gasteiger partial charge is 0.478 e. The van der Waals surface area contributed by atoms with Crippen molar-refractivity contribution in [2.75, 3.05) is 0 Å². The van der Waals surface area contributed by atoms with Crippen molar-refractivity contribution in [2.24, 2.45) is 0 Å². The normalized spacial score (nSPS) is 10.4. The van der Waals surface area contributed by atoms with Crippen LogP contribution in [0.3, 0.4) is 0 Å². The van der Waals surface area contributed by atoms with Crippen molar-refractivity contribution < 1.29 is 9.90 Å². The van der Waals surface area contributed by atoms with Gasteiger partial charge in [-0.15, -0.1) is 0 Å². The number of benzene rings is 1. The fourth-order valence-corrected chi connectivity index (χ4v) is 1.95. The van der Waals surface area contributed by atoms with Crippen LogP contribution in [0.5, 0.6) is 0 Å². The highest BCUT2D eigenvalue weighted by atomic mass is 16.4. The molecular formula is C15H15NO2. The van der Waals surface area contributed by atoms with Gasteiger partial charge in [0, 0.05) is 5.56 Å². The highest BCUT2D eigenvalue weighted by Gasteiger charge is 2.10. The van der Waals surface area contributed by atoms with Gasteiger partial charge in [-0.2, -0.15) is 0 Å². The molecule has 3 heteroatoms. The van der Waals surface area contributed by atoms with Crippen molar-refractivity contribution in [1.82, 2.24) is 4.98 Å². The maximum atomic E-state index is 11.0. The summed E-state index contributed by atoms with van der Waals surface area (Å²) in [5.41, 5.74) is 4.96. The summed E-state index contributed by atoms with van der Waals surface area (Å²) >= 11 is 0. The summed E-state index contributed by atoms with van der Waals surface area (Å²) in [6, 6.07) is 9.54. The van der Waals surface area contributed by atoms with Gasteiger partial charge in [0.05, 0.1) is 17.0 Å². The molecule has 0 aliphatic rings. The molecule has 0 radical (unpaired) electrons. The molecule has 2 aromatic rings.